The second kappa shape index (κ2) is 8.02. The van der Waals surface area contributed by atoms with Crippen LogP contribution < -0.4 is 9.62 Å². The van der Waals surface area contributed by atoms with Gasteiger partial charge in [0.1, 0.15) is 6.54 Å². The Labute approximate surface area is 166 Å². The largest absolute Gasteiger partial charge is 0.350 e. The van der Waals surface area contributed by atoms with E-state index in [-0.39, 0.29) is 12.5 Å². The van der Waals surface area contributed by atoms with Gasteiger partial charge in [0.25, 0.3) is 0 Å². The molecular weight excluding hydrogens is 372 g/mol. The van der Waals surface area contributed by atoms with Crippen LogP contribution in [0, 0.1) is 13.8 Å². The summed E-state index contributed by atoms with van der Waals surface area (Å²) in [5, 5.41) is 5.06. The Kier molecular flexibility index (Phi) is 5.70. The average Bonchev–Trinajstić information content (AvgIpc) is 2.66. The molecule has 0 unspecified atom stereocenters. The maximum atomic E-state index is 12.5. The fourth-order valence-electron chi connectivity index (χ4n) is 3.12. The lowest BCUT2D eigenvalue weighted by Gasteiger charge is -2.24. The molecule has 3 aromatic rings. The highest BCUT2D eigenvalue weighted by Crippen LogP contribution is 2.24. The van der Waals surface area contributed by atoms with E-state index in [1.54, 1.807) is 12.1 Å². The molecule has 0 aromatic heterocycles. The van der Waals surface area contributed by atoms with Gasteiger partial charge in [0.05, 0.1) is 11.9 Å². The lowest BCUT2D eigenvalue weighted by molar-refractivity contribution is -0.119. The molecule has 0 radical (unpaired) electrons. The Hall–Kier alpha value is -2.86. The van der Waals surface area contributed by atoms with Crippen LogP contribution in [0.5, 0.6) is 0 Å². The Bertz CT molecular complexity index is 1120. The van der Waals surface area contributed by atoms with Gasteiger partial charge in [-0.15, -0.1) is 0 Å². The van der Waals surface area contributed by atoms with Crippen molar-refractivity contribution in [1.82, 2.24) is 5.32 Å². The molecule has 3 aromatic carbocycles. The van der Waals surface area contributed by atoms with Crippen molar-refractivity contribution in [2.75, 3.05) is 17.1 Å². The summed E-state index contributed by atoms with van der Waals surface area (Å²) >= 11 is 0. The summed E-state index contributed by atoms with van der Waals surface area (Å²) in [6.45, 7) is 3.86. The molecule has 1 N–H and O–H groups in total. The van der Waals surface area contributed by atoms with Gasteiger partial charge in [-0.05, 0) is 53.4 Å². The Morgan fingerprint density at radius 3 is 2.39 bits per heavy atom. The maximum absolute atomic E-state index is 12.5. The second-order valence-electron chi connectivity index (χ2n) is 6.95. The van der Waals surface area contributed by atoms with E-state index in [0.717, 1.165) is 38.0 Å². The van der Waals surface area contributed by atoms with E-state index in [1.807, 2.05) is 62.4 Å². The topological polar surface area (TPSA) is 66.5 Å². The number of hydrogen-bond acceptors (Lipinski definition) is 3. The standard InChI is InChI=1S/C22H24N2O3S/c1-16-7-6-10-21(17(16)2)24(28(3,26)27)15-22(25)23-14-18-11-12-19-8-4-5-9-20(19)13-18/h4-13H,14-15H2,1-3H3,(H,23,25). The highest BCUT2D eigenvalue weighted by molar-refractivity contribution is 7.92. The predicted octanol–water partition coefficient (Wildman–Crippen LogP) is 3.54. The van der Waals surface area contributed by atoms with Gasteiger partial charge in [-0.25, -0.2) is 8.42 Å². The van der Waals surface area contributed by atoms with Crippen molar-refractivity contribution in [2.24, 2.45) is 0 Å². The highest BCUT2D eigenvalue weighted by atomic mass is 32.2. The number of fused-ring (bicyclic) bond motifs is 1. The van der Waals surface area contributed by atoms with Gasteiger partial charge in [-0.1, -0.05) is 48.5 Å². The SMILES string of the molecule is Cc1cccc(N(CC(=O)NCc2ccc3ccccc3c2)S(C)(=O)=O)c1C. The molecule has 0 aliphatic rings. The number of carbonyl (C=O) groups excluding carboxylic acids is 1. The number of rotatable bonds is 6. The summed E-state index contributed by atoms with van der Waals surface area (Å²) in [5.41, 5.74) is 3.31. The fourth-order valence-corrected chi connectivity index (χ4v) is 4.03. The number of carbonyl (C=O) groups is 1. The molecule has 0 bridgehead atoms. The monoisotopic (exact) mass is 396 g/mol. The van der Waals surface area contributed by atoms with Crippen molar-refractivity contribution in [1.29, 1.82) is 0 Å². The molecule has 28 heavy (non-hydrogen) atoms. The highest BCUT2D eigenvalue weighted by Gasteiger charge is 2.22. The number of sulfonamides is 1. The minimum absolute atomic E-state index is 0.253. The lowest BCUT2D eigenvalue weighted by Crippen LogP contribution is -2.40. The smallest absolute Gasteiger partial charge is 0.241 e. The van der Waals surface area contributed by atoms with Gasteiger partial charge >= 0.3 is 0 Å². The number of benzene rings is 3. The van der Waals surface area contributed by atoms with Crippen molar-refractivity contribution in [3.05, 3.63) is 77.4 Å². The third-order valence-electron chi connectivity index (χ3n) is 4.84. The molecule has 3 rings (SSSR count). The van der Waals surface area contributed by atoms with Crippen molar-refractivity contribution < 1.29 is 13.2 Å². The van der Waals surface area contributed by atoms with E-state index >= 15 is 0 Å². The first-order valence-electron chi connectivity index (χ1n) is 9.04. The maximum Gasteiger partial charge on any atom is 0.241 e. The molecule has 0 saturated heterocycles. The van der Waals surface area contributed by atoms with Crippen molar-refractivity contribution in [3.8, 4) is 0 Å². The summed E-state index contributed by atoms with van der Waals surface area (Å²) in [6.07, 6.45) is 1.12. The summed E-state index contributed by atoms with van der Waals surface area (Å²) in [6, 6.07) is 19.4. The number of amides is 1. The van der Waals surface area contributed by atoms with Crippen molar-refractivity contribution in [3.63, 3.8) is 0 Å². The summed E-state index contributed by atoms with van der Waals surface area (Å²) in [4.78, 5) is 12.5. The van der Waals surface area contributed by atoms with Gasteiger partial charge in [0.15, 0.2) is 0 Å². The Balaban J connectivity index is 1.74. The van der Waals surface area contributed by atoms with Gasteiger partial charge in [-0.2, -0.15) is 0 Å². The van der Waals surface area contributed by atoms with Crippen LogP contribution >= 0.6 is 0 Å². The minimum atomic E-state index is -3.59. The zero-order valence-electron chi connectivity index (χ0n) is 16.3. The molecule has 0 aliphatic heterocycles. The van der Waals surface area contributed by atoms with Crippen LogP contribution in [-0.4, -0.2) is 27.1 Å². The number of nitrogens with zero attached hydrogens (tertiary/aromatic N) is 1. The van der Waals surface area contributed by atoms with E-state index in [1.165, 1.54) is 0 Å². The summed E-state index contributed by atoms with van der Waals surface area (Å²) < 4.78 is 25.8. The normalized spacial score (nSPS) is 11.4. The van der Waals surface area contributed by atoms with Crippen LogP contribution in [0.15, 0.2) is 60.7 Å². The van der Waals surface area contributed by atoms with Crippen LogP contribution in [0.4, 0.5) is 5.69 Å². The zero-order valence-corrected chi connectivity index (χ0v) is 17.1. The molecule has 0 aliphatic carbocycles. The lowest BCUT2D eigenvalue weighted by atomic mass is 10.1. The van der Waals surface area contributed by atoms with Gasteiger partial charge in [0.2, 0.25) is 15.9 Å². The zero-order chi connectivity index (χ0) is 20.3. The quantitative estimate of drug-likeness (QED) is 0.693. The molecule has 0 heterocycles. The average molecular weight is 397 g/mol. The van der Waals surface area contributed by atoms with Crippen molar-refractivity contribution >= 4 is 32.4 Å². The van der Waals surface area contributed by atoms with Crippen LogP contribution in [0.2, 0.25) is 0 Å². The summed E-state index contributed by atoms with van der Waals surface area (Å²) in [7, 11) is -3.59. The van der Waals surface area contributed by atoms with Gasteiger partial charge < -0.3 is 5.32 Å². The van der Waals surface area contributed by atoms with Crippen LogP contribution in [0.25, 0.3) is 10.8 Å². The minimum Gasteiger partial charge on any atom is -0.350 e. The third kappa shape index (κ3) is 4.51. The molecule has 5 nitrogen and oxygen atoms in total. The Morgan fingerprint density at radius 2 is 1.68 bits per heavy atom. The molecular formula is C22H24N2O3S. The molecule has 0 atom stereocenters. The van der Waals surface area contributed by atoms with Crippen molar-refractivity contribution in [2.45, 2.75) is 20.4 Å². The first-order chi connectivity index (χ1) is 13.3. The van der Waals surface area contributed by atoms with E-state index < -0.39 is 10.0 Å². The molecule has 0 spiro atoms. The van der Waals surface area contributed by atoms with Gasteiger partial charge in [0, 0.05) is 6.54 Å². The number of anilines is 1. The number of nitrogens with one attached hydrogen (secondary N) is 1. The first-order valence-corrected chi connectivity index (χ1v) is 10.9. The Morgan fingerprint density at radius 1 is 0.964 bits per heavy atom. The third-order valence-corrected chi connectivity index (χ3v) is 5.96. The molecule has 6 heteroatoms. The molecule has 1 amide bonds. The molecule has 146 valence electrons. The van der Waals surface area contributed by atoms with Crippen LogP contribution in [-0.2, 0) is 21.4 Å². The molecule has 0 saturated carbocycles. The number of aryl methyl sites for hydroxylation is 1. The van der Waals surface area contributed by atoms with E-state index in [4.69, 9.17) is 0 Å². The summed E-state index contributed by atoms with van der Waals surface area (Å²) in [5.74, 6) is -0.348. The van der Waals surface area contributed by atoms with Crippen LogP contribution in [0.1, 0.15) is 16.7 Å². The van der Waals surface area contributed by atoms with Gasteiger partial charge in [-0.3, -0.25) is 9.10 Å². The van der Waals surface area contributed by atoms with Crippen LogP contribution in [0.3, 0.4) is 0 Å². The second-order valence-corrected chi connectivity index (χ2v) is 8.85. The fraction of sp³-hybridized carbons (Fsp3) is 0.227. The first kappa shape index (κ1) is 19.9. The predicted molar refractivity (Wildman–Crippen MR) is 114 cm³/mol. The number of hydrogen-bond donors (Lipinski definition) is 1. The van der Waals surface area contributed by atoms with E-state index in [0.29, 0.717) is 12.2 Å². The molecule has 0 fully saturated rings. The van der Waals surface area contributed by atoms with E-state index in [9.17, 15) is 13.2 Å². The van der Waals surface area contributed by atoms with E-state index in [2.05, 4.69) is 5.32 Å².